The molecule has 2 N–H and O–H groups in total. The number of carbonyl (C=O) groups is 1. The van der Waals surface area contributed by atoms with Gasteiger partial charge in [0.15, 0.2) is 11.5 Å². The van der Waals surface area contributed by atoms with E-state index in [1.54, 1.807) is 12.1 Å². The molecule has 7 nitrogen and oxygen atoms in total. The summed E-state index contributed by atoms with van der Waals surface area (Å²) < 4.78 is 36.6. The third-order valence-electron chi connectivity index (χ3n) is 3.88. The van der Waals surface area contributed by atoms with Crippen LogP contribution in [0.5, 0.6) is 11.5 Å². The van der Waals surface area contributed by atoms with Gasteiger partial charge in [-0.2, -0.15) is 0 Å². The molecule has 1 amide bonds. The molecule has 2 aromatic carbocycles. The molecule has 144 valence electrons. The second kappa shape index (κ2) is 8.64. The van der Waals surface area contributed by atoms with Crippen molar-refractivity contribution in [2.45, 2.75) is 16.3 Å². The smallest absolute Gasteiger partial charge is 0.240 e. The van der Waals surface area contributed by atoms with Crippen LogP contribution in [-0.4, -0.2) is 40.3 Å². The molecule has 2 aromatic rings. The highest BCUT2D eigenvalue weighted by Crippen LogP contribution is 2.34. The lowest BCUT2D eigenvalue weighted by Gasteiger charge is -2.18. The quantitative estimate of drug-likeness (QED) is 0.679. The van der Waals surface area contributed by atoms with E-state index in [0.29, 0.717) is 25.5 Å². The molecule has 1 aliphatic rings. The van der Waals surface area contributed by atoms with Crippen LogP contribution in [0.15, 0.2) is 52.3 Å². The topological polar surface area (TPSA) is 93.7 Å². The Labute approximate surface area is 162 Å². The first-order chi connectivity index (χ1) is 13.0. The number of thioether (sulfide) groups is 1. The maximum absolute atomic E-state index is 12.1. The summed E-state index contributed by atoms with van der Waals surface area (Å²) in [5, 5.41) is 2.82. The number of fused-ring (bicyclic) bond motifs is 1. The summed E-state index contributed by atoms with van der Waals surface area (Å²) in [6, 6.07) is 12.0. The summed E-state index contributed by atoms with van der Waals surface area (Å²) in [7, 11) is -2.09. The summed E-state index contributed by atoms with van der Waals surface area (Å²) in [4.78, 5) is 13.2. The van der Waals surface area contributed by atoms with E-state index in [-0.39, 0.29) is 16.6 Å². The molecule has 0 fully saturated rings. The van der Waals surface area contributed by atoms with Crippen LogP contribution in [0.3, 0.4) is 0 Å². The Morgan fingerprint density at radius 2 is 1.78 bits per heavy atom. The summed E-state index contributed by atoms with van der Waals surface area (Å²) >= 11 is 1.41. The second-order valence-corrected chi connectivity index (χ2v) is 8.66. The number of carbonyl (C=O) groups excluding carboxylic acids is 1. The van der Waals surface area contributed by atoms with Gasteiger partial charge < -0.3 is 14.8 Å². The van der Waals surface area contributed by atoms with Crippen molar-refractivity contribution >= 4 is 27.7 Å². The van der Waals surface area contributed by atoms with Gasteiger partial charge in [0.2, 0.25) is 15.9 Å². The van der Waals surface area contributed by atoms with Crippen LogP contribution in [0.4, 0.5) is 0 Å². The number of benzene rings is 2. The van der Waals surface area contributed by atoms with Gasteiger partial charge in [-0.05, 0) is 42.9 Å². The van der Waals surface area contributed by atoms with E-state index < -0.39 is 10.0 Å². The van der Waals surface area contributed by atoms with Crippen molar-refractivity contribution in [3.05, 3.63) is 48.0 Å². The first-order valence-electron chi connectivity index (χ1n) is 8.29. The lowest BCUT2D eigenvalue weighted by atomic mass is 10.2. The molecule has 0 radical (unpaired) electrons. The monoisotopic (exact) mass is 408 g/mol. The standard InChI is InChI=1S/C18H20N2O5S2/c1-19-27(22,23)15-5-2-13(3-6-15)11-20-18(21)12-26-14-4-7-16-17(10-14)25-9-8-24-16/h2-7,10,19H,8-9,11-12H2,1H3,(H,20,21). The van der Waals surface area contributed by atoms with Crippen LogP contribution in [0.2, 0.25) is 0 Å². The number of nitrogens with one attached hydrogen (secondary N) is 2. The first-order valence-corrected chi connectivity index (χ1v) is 10.8. The molecule has 27 heavy (non-hydrogen) atoms. The molecule has 1 heterocycles. The predicted octanol–water partition coefficient (Wildman–Crippen LogP) is 1.77. The molecular formula is C18H20N2O5S2. The largest absolute Gasteiger partial charge is 0.486 e. The average molecular weight is 409 g/mol. The van der Waals surface area contributed by atoms with Gasteiger partial charge in [0.05, 0.1) is 10.6 Å². The van der Waals surface area contributed by atoms with Crippen molar-refractivity contribution in [1.29, 1.82) is 0 Å². The minimum atomic E-state index is -3.45. The lowest BCUT2D eigenvalue weighted by Crippen LogP contribution is -2.24. The predicted molar refractivity (Wildman–Crippen MR) is 103 cm³/mol. The van der Waals surface area contributed by atoms with E-state index in [4.69, 9.17) is 9.47 Å². The number of amides is 1. The molecule has 0 saturated carbocycles. The number of hydrogen-bond donors (Lipinski definition) is 2. The van der Waals surface area contributed by atoms with Gasteiger partial charge >= 0.3 is 0 Å². The Hall–Kier alpha value is -2.23. The van der Waals surface area contributed by atoms with E-state index in [2.05, 4.69) is 10.0 Å². The summed E-state index contributed by atoms with van der Waals surface area (Å²) in [5.74, 6) is 1.58. The normalized spacial score (nSPS) is 13.2. The SMILES string of the molecule is CNS(=O)(=O)c1ccc(CNC(=O)CSc2ccc3c(c2)OCCO3)cc1. The lowest BCUT2D eigenvalue weighted by molar-refractivity contribution is -0.118. The molecule has 9 heteroatoms. The van der Waals surface area contributed by atoms with Gasteiger partial charge in [0.1, 0.15) is 13.2 Å². The van der Waals surface area contributed by atoms with Gasteiger partial charge in [0.25, 0.3) is 0 Å². The van der Waals surface area contributed by atoms with Crippen molar-refractivity contribution < 1.29 is 22.7 Å². The van der Waals surface area contributed by atoms with E-state index >= 15 is 0 Å². The van der Waals surface area contributed by atoms with E-state index in [0.717, 1.165) is 16.2 Å². The highest BCUT2D eigenvalue weighted by Gasteiger charge is 2.13. The highest BCUT2D eigenvalue weighted by atomic mass is 32.2. The Balaban J connectivity index is 1.48. The van der Waals surface area contributed by atoms with Crippen molar-refractivity contribution in [2.24, 2.45) is 0 Å². The molecule has 3 rings (SSSR count). The molecule has 0 aromatic heterocycles. The van der Waals surface area contributed by atoms with E-state index in [1.807, 2.05) is 18.2 Å². The maximum Gasteiger partial charge on any atom is 0.240 e. The Morgan fingerprint density at radius 1 is 1.07 bits per heavy atom. The maximum atomic E-state index is 12.1. The van der Waals surface area contributed by atoms with Crippen LogP contribution >= 0.6 is 11.8 Å². The van der Waals surface area contributed by atoms with Crippen LogP contribution in [0.1, 0.15) is 5.56 Å². The van der Waals surface area contributed by atoms with Gasteiger partial charge in [-0.1, -0.05) is 12.1 Å². The number of rotatable bonds is 7. The molecule has 0 saturated heterocycles. The molecule has 0 spiro atoms. The van der Waals surface area contributed by atoms with Crippen molar-refractivity contribution in [2.75, 3.05) is 26.0 Å². The van der Waals surface area contributed by atoms with E-state index in [1.165, 1.54) is 30.9 Å². The van der Waals surface area contributed by atoms with Gasteiger partial charge in [-0.25, -0.2) is 13.1 Å². The Morgan fingerprint density at radius 3 is 2.48 bits per heavy atom. The molecule has 0 bridgehead atoms. The van der Waals surface area contributed by atoms with E-state index in [9.17, 15) is 13.2 Å². The van der Waals surface area contributed by atoms with Gasteiger partial charge in [0, 0.05) is 11.4 Å². The fraction of sp³-hybridized carbons (Fsp3) is 0.278. The first kappa shape index (κ1) is 19.5. The zero-order chi connectivity index (χ0) is 19.3. The number of ether oxygens (including phenoxy) is 2. The molecule has 1 aliphatic heterocycles. The second-order valence-electron chi connectivity index (χ2n) is 5.72. The van der Waals surface area contributed by atoms with Crippen molar-refractivity contribution in [1.82, 2.24) is 10.0 Å². The minimum absolute atomic E-state index is 0.109. The van der Waals surface area contributed by atoms with Gasteiger partial charge in [-0.15, -0.1) is 11.8 Å². The Bertz CT molecular complexity index is 914. The summed E-state index contributed by atoms with van der Waals surface area (Å²) in [6.07, 6.45) is 0. The van der Waals surface area contributed by atoms with Crippen molar-refractivity contribution in [3.8, 4) is 11.5 Å². The average Bonchev–Trinajstić information content (AvgIpc) is 2.71. The number of hydrogen-bond acceptors (Lipinski definition) is 6. The molecular weight excluding hydrogens is 388 g/mol. The minimum Gasteiger partial charge on any atom is -0.486 e. The van der Waals surface area contributed by atoms with Crippen LogP contribution in [-0.2, 0) is 21.4 Å². The van der Waals surface area contributed by atoms with Crippen LogP contribution in [0.25, 0.3) is 0 Å². The Kier molecular flexibility index (Phi) is 6.25. The van der Waals surface area contributed by atoms with Gasteiger partial charge in [-0.3, -0.25) is 4.79 Å². The van der Waals surface area contributed by atoms with Crippen LogP contribution in [0, 0.1) is 0 Å². The fourth-order valence-corrected chi connectivity index (χ4v) is 3.90. The zero-order valence-corrected chi connectivity index (χ0v) is 16.4. The highest BCUT2D eigenvalue weighted by molar-refractivity contribution is 8.00. The third kappa shape index (κ3) is 5.15. The fourth-order valence-electron chi connectivity index (χ4n) is 2.42. The molecule has 0 atom stereocenters. The van der Waals surface area contributed by atoms with Crippen LogP contribution < -0.4 is 19.5 Å². The molecule has 0 aliphatic carbocycles. The number of sulfonamides is 1. The third-order valence-corrected chi connectivity index (χ3v) is 6.30. The summed E-state index contributed by atoms with van der Waals surface area (Å²) in [5.41, 5.74) is 0.822. The van der Waals surface area contributed by atoms with Crippen molar-refractivity contribution in [3.63, 3.8) is 0 Å². The summed E-state index contributed by atoms with van der Waals surface area (Å²) in [6.45, 7) is 1.40. The molecule has 0 unspecified atom stereocenters. The zero-order valence-electron chi connectivity index (χ0n) is 14.7.